The molecule has 0 amide bonds. The lowest BCUT2D eigenvalue weighted by atomic mass is 10.3. The van der Waals surface area contributed by atoms with Gasteiger partial charge < -0.3 is 4.74 Å². The predicted molar refractivity (Wildman–Crippen MR) is 51.7 cm³/mol. The van der Waals surface area contributed by atoms with Gasteiger partial charge in [0.2, 0.25) is 0 Å². The Morgan fingerprint density at radius 1 is 1.58 bits per heavy atom. The number of hydrogen-bond donors (Lipinski definition) is 0. The summed E-state index contributed by atoms with van der Waals surface area (Å²) in [5, 5.41) is 1.24. The van der Waals surface area contributed by atoms with Gasteiger partial charge in [0.15, 0.2) is 0 Å². The van der Waals surface area contributed by atoms with Crippen LogP contribution < -0.4 is 0 Å². The molecule has 12 heavy (non-hydrogen) atoms. The van der Waals surface area contributed by atoms with Crippen LogP contribution in [0.3, 0.4) is 0 Å². The molecule has 1 aromatic heterocycles. The van der Waals surface area contributed by atoms with E-state index in [-0.39, 0.29) is 0 Å². The van der Waals surface area contributed by atoms with Crippen molar-refractivity contribution in [3.63, 3.8) is 0 Å². The SMILES string of the molecule is CCc1cnc(CCCOC)s1. The van der Waals surface area contributed by atoms with E-state index in [1.54, 1.807) is 7.11 Å². The summed E-state index contributed by atoms with van der Waals surface area (Å²) in [6.07, 6.45) is 5.21. The van der Waals surface area contributed by atoms with Gasteiger partial charge in [-0.25, -0.2) is 4.98 Å². The van der Waals surface area contributed by atoms with Crippen LogP contribution in [-0.2, 0) is 17.6 Å². The van der Waals surface area contributed by atoms with Crippen molar-refractivity contribution in [2.24, 2.45) is 0 Å². The van der Waals surface area contributed by atoms with E-state index in [1.165, 1.54) is 9.88 Å². The van der Waals surface area contributed by atoms with Crippen molar-refractivity contribution in [3.05, 3.63) is 16.1 Å². The minimum absolute atomic E-state index is 0.834. The zero-order chi connectivity index (χ0) is 8.81. The number of aromatic nitrogens is 1. The number of aryl methyl sites for hydroxylation is 2. The molecule has 0 aromatic carbocycles. The Hall–Kier alpha value is -0.410. The molecular formula is C9H15NOS. The van der Waals surface area contributed by atoms with E-state index in [2.05, 4.69) is 11.9 Å². The van der Waals surface area contributed by atoms with E-state index >= 15 is 0 Å². The van der Waals surface area contributed by atoms with Crippen molar-refractivity contribution in [3.8, 4) is 0 Å². The Balaban J connectivity index is 2.31. The monoisotopic (exact) mass is 185 g/mol. The highest BCUT2D eigenvalue weighted by molar-refractivity contribution is 7.11. The van der Waals surface area contributed by atoms with Crippen LogP contribution in [0, 0.1) is 0 Å². The highest BCUT2D eigenvalue weighted by Gasteiger charge is 1.99. The van der Waals surface area contributed by atoms with Crippen LogP contribution in [0.25, 0.3) is 0 Å². The number of rotatable bonds is 5. The third-order valence-corrected chi connectivity index (χ3v) is 2.89. The predicted octanol–water partition coefficient (Wildman–Crippen LogP) is 2.28. The highest BCUT2D eigenvalue weighted by Crippen LogP contribution is 2.14. The molecule has 1 heterocycles. The fourth-order valence-corrected chi connectivity index (χ4v) is 1.90. The van der Waals surface area contributed by atoms with Gasteiger partial charge in [-0.1, -0.05) is 6.92 Å². The molecule has 0 atom stereocenters. The maximum Gasteiger partial charge on any atom is 0.0928 e. The average Bonchev–Trinajstić information content (AvgIpc) is 2.53. The van der Waals surface area contributed by atoms with Gasteiger partial charge in [0.05, 0.1) is 5.01 Å². The minimum atomic E-state index is 0.834. The van der Waals surface area contributed by atoms with Crippen molar-refractivity contribution in [1.29, 1.82) is 0 Å². The van der Waals surface area contributed by atoms with Crippen molar-refractivity contribution in [2.45, 2.75) is 26.2 Å². The second-order valence-electron chi connectivity index (χ2n) is 2.67. The number of hydrogen-bond acceptors (Lipinski definition) is 3. The summed E-state index contributed by atoms with van der Waals surface area (Å²) in [6, 6.07) is 0. The number of methoxy groups -OCH3 is 1. The summed E-state index contributed by atoms with van der Waals surface area (Å²) in [7, 11) is 1.74. The Kier molecular flexibility index (Phi) is 4.25. The number of nitrogens with zero attached hydrogens (tertiary/aromatic N) is 1. The lowest BCUT2D eigenvalue weighted by Crippen LogP contribution is -1.91. The van der Waals surface area contributed by atoms with Crippen LogP contribution in [0.15, 0.2) is 6.20 Å². The van der Waals surface area contributed by atoms with Crippen molar-refractivity contribution >= 4 is 11.3 Å². The van der Waals surface area contributed by atoms with Crippen LogP contribution in [0.2, 0.25) is 0 Å². The van der Waals surface area contributed by atoms with Crippen molar-refractivity contribution in [1.82, 2.24) is 4.98 Å². The van der Waals surface area contributed by atoms with E-state index < -0.39 is 0 Å². The molecule has 0 aliphatic heterocycles. The fraction of sp³-hybridized carbons (Fsp3) is 0.667. The van der Waals surface area contributed by atoms with E-state index in [9.17, 15) is 0 Å². The maximum atomic E-state index is 4.97. The average molecular weight is 185 g/mol. The third-order valence-electron chi connectivity index (χ3n) is 1.69. The largest absolute Gasteiger partial charge is 0.385 e. The summed E-state index contributed by atoms with van der Waals surface area (Å²) >= 11 is 1.82. The van der Waals surface area contributed by atoms with E-state index in [0.717, 1.165) is 25.9 Å². The van der Waals surface area contributed by atoms with Gasteiger partial charge in [0.25, 0.3) is 0 Å². The van der Waals surface area contributed by atoms with Crippen molar-refractivity contribution in [2.75, 3.05) is 13.7 Å². The maximum absolute atomic E-state index is 4.97. The molecular weight excluding hydrogens is 170 g/mol. The lowest BCUT2D eigenvalue weighted by molar-refractivity contribution is 0.195. The van der Waals surface area contributed by atoms with Gasteiger partial charge in [0.1, 0.15) is 0 Å². The van der Waals surface area contributed by atoms with Crippen LogP contribution in [-0.4, -0.2) is 18.7 Å². The summed E-state index contributed by atoms with van der Waals surface area (Å²) in [4.78, 5) is 5.70. The smallest absolute Gasteiger partial charge is 0.0928 e. The van der Waals surface area contributed by atoms with Crippen LogP contribution in [0.1, 0.15) is 23.2 Å². The number of ether oxygens (including phenoxy) is 1. The minimum Gasteiger partial charge on any atom is -0.385 e. The zero-order valence-corrected chi connectivity index (χ0v) is 8.49. The molecule has 0 aliphatic carbocycles. The molecule has 0 N–H and O–H groups in total. The first kappa shape index (κ1) is 9.68. The highest BCUT2D eigenvalue weighted by atomic mass is 32.1. The van der Waals surface area contributed by atoms with Gasteiger partial charge >= 0.3 is 0 Å². The molecule has 0 aliphatic rings. The Labute approximate surface area is 77.6 Å². The molecule has 0 saturated carbocycles. The van der Waals surface area contributed by atoms with Gasteiger partial charge in [0, 0.05) is 31.2 Å². The topological polar surface area (TPSA) is 22.1 Å². The Bertz CT molecular complexity index is 222. The second-order valence-corrected chi connectivity index (χ2v) is 3.87. The fourth-order valence-electron chi connectivity index (χ4n) is 0.995. The van der Waals surface area contributed by atoms with Gasteiger partial charge in [-0.05, 0) is 12.8 Å². The van der Waals surface area contributed by atoms with Crippen LogP contribution in [0.4, 0.5) is 0 Å². The van der Waals surface area contributed by atoms with E-state index in [1.807, 2.05) is 17.5 Å². The third kappa shape index (κ3) is 2.91. The zero-order valence-electron chi connectivity index (χ0n) is 7.67. The molecule has 0 radical (unpaired) electrons. The molecule has 0 unspecified atom stereocenters. The molecule has 3 heteroatoms. The molecule has 68 valence electrons. The summed E-state index contributed by atoms with van der Waals surface area (Å²) in [5.41, 5.74) is 0. The normalized spacial score (nSPS) is 10.5. The van der Waals surface area contributed by atoms with Gasteiger partial charge in [-0.2, -0.15) is 0 Å². The second kappa shape index (κ2) is 5.27. The van der Waals surface area contributed by atoms with Gasteiger partial charge in [-0.3, -0.25) is 0 Å². The molecule has 0 fully saturated rings. The lowest BCUT2D eigenvalue weighted by Gasteiger charge is -1.94. The Morgan fingerprint density at radius 3 is 3.00 bits per heavy atom. The summed E-state index contributed by atoms with van der Waals surface area (Å²) in [6.45, 7) is 2.99. The molecule has 0 spiro atoms. The standard InChI is InChI=1S/C9H15NOS/c1-3-8-7-10-9(12-8)5-4-6-11-2/h7H,3-6H2,1-2H3. The first-order valence-corrected chi connectivity index (χ1v) is 5.11. The molecule has 1 aromatic rings. The summed E-state index contributed by atoms with van der Waals surface area (Å²) < 4.78 is 4.97. The first-order chi connectivity index (χ1) is 5.86. The summed E-state index contributed by atoms with van der Waals surface area (Å²) in [5.74, 6) is 0. The van der Waals surface area contributed by atoms with Crippen molar-refractivity contribution < 1.29 is 4.74 Å². The molecule has 1 rings (SSSR count). The first-order valence-electron chi connectivity index (χ1n) is 4.29. The van der Waals surface area contributed by atoms with E-state index in [0.29, 0.717) is 0 Å². The van der Waals surface area contributed by atoms with Gasteiger partial charge in [-0.15, -0.1) is 11.3 Å². The number of thiazole rings is 1. The van der Waals surface area contributed by atoms with E-state index in [4.69, 9.17) is 4.74 Å². The Morgan fingerprint density at radius 2 is 2.42 bits per heavy atom. The molecule has 0 bridgehead atoms. The van der Waals surface area contributed by atoms with Crippen LogP contribution >= 0.6 is 11.3 Å². The quantitative estimate of drug-likeness (QED) is 0.657. The molecule has 2 nitrogen and oxygen atoms in total. The van der Waals surface area contributed by atoms with Crippen LogP contribution in [0.5, 0.6) is 0 Å². The molecule has 0 saturated heterocycles.